The lowest BCUT2D eigenvalue weighted by molar-refractivity contribution is -0.162. The molecule has 1 amide bonds. The summed E-state index contributed by atoms with van der Waals surface area (Å²) < 4.78 is 13.8. The molecular weight excluding hydrogens is 403 g/mol. The maximum absolute atomic E-state index is 13.8. The molecule has 32 heavy (non-hydrogen) atoms. The number of piperidine rings is 2. The lowest BCUT2D eigenvalue weighted by Crippen LogP contribution is -2.64. The van der Waals surface area contributed by atoms with Gasteiger partial charge in [0.15, 0.2) is 0 Å². The van der Waals surface area contributed by atoms with E-state index in [0.29, 0.717) is 12.3 Å². The van der Waals surface area contributed by atoms with Crippen LogP contribution in [0, 0.1) is 17.2 Å². The van der Waals surface area contributed by atoms with Gasteiger partial charge < -0.3 is 15.0 Å². The predicted molar refractivity (Wildman–Crippen MR) is 122 cm³/mol. The van der Waals surface area contributed by atoms with Crippen molar-refractivity contribution < 1.29 is 14.3 Å². The average molecular weight is 433 g/mol. The van der Waals surface area contributed by atoms with Crippen LogP contribution in [0.3, 0.4) is 0 Å². The Hall–Kier alpha value is -2.66. The Morgan fingerprint density at radius 2 is 1.88 bits per heavy atom. The highest BCUT2D eigenvalue weighted by molar-refractivity contribution is 5.86. The van der Waals surface area contributed by atoms with Crippen molar-refractivity contribution in [3.05, 3.63) is 71.7 Å². The molecule has 4 bridgehead atoms. The number of H-pyrrole nitrogens is 1. The molecular formula is C27H29FN2O2. The molecule has 2 saturated heterocycles. The van der Waals surface area contributed by atoms with Crippen LogP contribution in [0.2, 0.25) is 0 Å². The van der Waals surface area contributed by atoms with Gasteiger partial charge in [0.05, 0.1) is 0 Å². The zero-order chi connectivity index (χ0) is 21.9. The number of amides is 1. The van der Waals surface area contributed by atoms with Crippen molar-refractivity contribution >= 4 is 16.8 Å². The van der Waals surface area contributed by atoms with Gasteiger partial charge in [0.1, 0.15) is 5.82 Å². The van der Waals surface area contributed by atoms with Crippen LogP contribution >= 0.6 is 0 Å². The molecule has 2 N–H and O–H groups in total. The third kappa shape index (κ3) is 3.17. The number of fused-ring (bicyclic) bond motifs is 1. The number of halogens is 1. The number of carbonyl (C=O) groups excluding carboxylic acids is 1. The van der Waals surface area contributed by atoms with Gasteiger partial charge >= 0.3 is 0 Å². The molecule has 2 aliphatic heterocycles. The molecule has 4 fully saturated rings. The van der Waals surface area contributed by atoms with E-state index >= 15 is 0 Å². The number of nitrogens with one attached hydrogen (secondary N) is 1. The lowest BCUT2D eigenvalue weighted by Gasteiger charge is -2.61. The fourth-order valence-electron chi connectivity index (χ4n) is 7.17. The van der Waals surface area contributed by atoms with E-state index in [1.807, 2.05) is 30.5 Å². The fourth-order valence-corrected chi connectivity index (χ4v) is 7.17. The van der Waals surface area contributed by atoms with E-state index in [0.717, 1.165) is 54.1 Å². The molecule has 3 heterocycles. The molecule has 166 valence electrons. The minimum atomic E-state index is -0.268. The Balaban J connectivity index is 1.33. The van der Waals surface area contributed by atoms with Crippen molar-refractivity contribution in [3.63, 3.8) is 0 Å². The molecule has 4 nitrogen and oxygen atoms in total. The second kappa shape index (κ2) is 7.45. The minimum Gasteiger partial charge on any atom is -0.396 e. The van der Waals surface area contributed by atoms with Crippen LogP contribution in [-0.2, 0) is 4.79 Å². The van der Waals surface area contributed by atoms with Gasteiger partial charge in [-0.25, -0.2) is 4.39 Å². The van der Waals surface area contributed by atoms with E-state index in [9.17, 15) is 14.3 Å². The molecule has 2 aliphatic carbocycles. The number of aliphatic hydroxyl groups excluding tert-OH is 1. The van der Waals surface area contributed by atoms with Gasteiger partial charge in [-0.05, 0) is 72.8 Å². The third-order valence-corrected chi connectivity index (χ3v) is 8.31. The van der Waals surface area contributed by atoms with E-state index < -0.39 is 0 Å². The quantitative estimate of drug-likeness (QED) is 0.597. The van der Waals surface area contributed by atoms with Crippen LogP contribution in [-0.4, -0.2) is 39.6 Å². The highest BCUT2D eigenvalue weighted by atomic mass is 19.1. The van der Waals surface area contributed by atoms with Gasteiger partial charge in [0, 0.05) is 48.1 Å². The molecule has 3 aromatic rings. The monoisotopic (exact) mass is 432 g/mol. The summed E-state index contributed by atoms with van der Waals surface area (Å²) in [5, 5.41) is 11.0. The standard InChI is InChI=1S/C27H29FN2O2/c28-19-6-7-22-24(15-29-25(22)10-19)23(18-4-2-1-3-5-18)11-26(32)30-20-8-17-9-21(30)14-27(12-17,13-20)16-31/h1-7,10,15,17,20-21,23,29,31H,8-9,11-14,16H2. The summed E-state index contributed by atoms with van der Waals surface area (Å²) in [6.07, 6.45) is 7.48. The number of benzene rings is 2. The van der Waals surface area contributed by atoms with Gasteiger partial charge in [-0.15, -0.1) is 0 Å². The summed E-state index contributed by atoms with van der Waals surface area (Å²) >= 11 is 0. The maximum atomic E-state index is 13.8. The number of aromatic nitrogens is 1. The molecule has 2 aromatic carbocycles. The molecule has 3 unspecified atom stereocenters. The minimum absolute atomic E-state index is 0.0347. The Morgan fingerprint density at radius 1 is 1.12 bits per heavy atom. The van der Waals surface area contributed by atoms with Crippen LogP contribution in [0.25, 0.3) is 10.9 Å². The summed E-state index contributed by atoms with van der Waals surface area (Å²) in [7, 11) is 0. The molecule has 7 rings (SSSR count). The van der Waals surface area contributed by atoms with Gasteiger partial charge in [0.25, 0.3) is 0 Å². The highest BCUT2D eigenvalue weighted by Gasteiger charge is 2.55. The number of aliphatic hydroxyl groups is 1. The molecule has 3 atom stereocenters. The maximum Gasteiger partial charge on any atom is 0.224 e. The number of aromatic amines is 1. The number of hydrogen-bond acceptors (Lipinski definition) is 2. The van der Waals surface area contributed by atoms with Crippen LogP contribution in [0.1, 0.15) is 55.6 Å². The van der Waals surface area contributed by atoms with E-state index in [2.05, 4.69) is 22.0 Å². The van der Waals surface area contributed by atoms with Gasteiger partial charge in [-0.3, -0.25) is 4.79 Å². The highest BCUT2D eigenvalue weighted by Crippen LogP contribution is 2.56. The van der Waals surface area contributed by atoms with Gasteiger partial charge in [-0.1, -0.05) is 30.3 Å². The Labute approximate surface area is 187 Å². The van der Waals surface area contributed by atoms with Crippen molar-refractivity contribution in [2.45, 2.75) is 56.5 Å². The second-order valence-corrected chi connectivity index (χ2v) is 10.3. The van der Waals surface area contributed by atoms with E-state index in [1.165, 1.54) is 12.1 Å². The van der Waals surface area contributed by atoms with Crippen molar-refractivity contribution in [1.82, 2.24) is 9.88 Å². The summed E-state index contributed by atoms with van der Waals surface area (Å²) in [6.45, 7) is 0.247. The summed E-state index contributed by atoms with van der Waals surface area (Å²) in [4.78, 5) is 19.2. The molecule has 2 saturated carbocycles. The first-order valence-corrected chi connectivity index (χ1v) is 11.8. The number of nitrogens with zero attached hydrogens (tertiary/aromatic N) is 1. The predicted octanol–water partition coefficient (Wildman–Crippen LogP) is 4.98. The molecule has 0 spiro atoms. The van der Waals surface area contributed by atoms with Crippen molar-refractivity contribution in [2.75, 3.05) is 6.61 Å². The first kappa shape index (κ1) is 20.0. The average Bonchev–Trinajstić information content (AvgIpc) is 3.20. The summed E-state index contributed by atoms with van der Waals surface area (Å²) in [5.41, 5.74) is 2.93. The second-order valence-electron chi connectivity index (χ2n) is 10.3. The fraction of sp³-hybridized carbons (Fsp3) is 0.444. The molecule has 5 heteroatoms. The Kier molecular flexibility index (Phi) is 4.65. The zero-order valence-electron chi connectivity index (χ0n) is 18.1. The van der Waals surface area contributed by atoms with Crippen LogP contribution < -0.4 is 0 Å². The molecule has 0 radical (unpaired) electrons. The first-order chi connectivity index (χ1) is 15.5. The number of carbonyl (C=O) groups is 1. The van der Waals surface area contributed by atoms with Crippen LogP contribution in [0.15, 0.2) is 54.7 Å². The normalized spacial score (nSPS) is 29.6. The summed E-state index contributed by atoms with van der Waals surface area (Å²) in [6, 6.07) is 15.5. The van der Waals surface area contributed by atoms with Crippen LogP contribution in [0.5, 0.6) is 0 Å². The van der Waals surface area contributed by atoms with Crippen molar-refractivity contribution in [2.24, 2.45) is 11.3 Å². The third-order valence-electron chi connectivity index (χ3n) is 8.31. The van der Waals surface area contributed by atoms with E-state index in [4.69, 9.17) is 0 Å². The Bertz CT molecular complexity index is 1140. The van der Waals surface area contributed by atoms with Gasteiger partial charge in [0.2, 0.25) is 5.91 Å². The molecule has 4 aliphatic rings. The topological polar surface area (TPSA) is 56.3 Å². The van der Waals surface area contributed by atoms with Gasteiger partial charge in [-0.2, -0.15) is 0 Å². The number of rotatable bonds is 5. The van der Waals surface area contributed by atoms with Crippen molar-refractivity contribution in [3.8, 4) is 0 Å². The van der Waals surface area contributed by atoms with Crippen molar-refractivity contribution in [1.29, 1.82) is 0 Å². The lowest BCUT2D eigenvalue weighted by atomic mass is 9.55. The first-order valence-electron chi connectivity index (χ1n) is 11.8. The number of hydrogen-bond donors (Lipinski definition) is 2. The molecule has 1 aromatic heterocycles. The van der Waals surface area contributed by atoms with E-state index in [-0.39, 0.29) is 41.7 Å². The van der Waals surface area contributed by atoms with E-state index in [1.54, 1.807) is 0 Å². The zero-order valence-corrected chi connectivity index (χ0v) is 18.1. The Morgan fingerprint density at radius 3 is 2.59 bits per heavy atom. The summed E-state index contributed by atoms with van der Waals surface area (Å²) in [5.74, 6) is 0.497. The smallest absolute Gasteiger partial charge is 0.224 e. The largest absolute Gasteiger partial charge is 0.396 e. The van der Waals surface area contributed by atoms with Crippen LogP contribution in [0.4, 0.5) is 4.39 Å². The SMILES string of the molecule is O=C(CC(c1ccccc1)c1c[nH]c2cc(F)ccc12)N1C2CC3CC1CC(CO)(C3)C2.